The lowest BCUT2D eigenvalue weighted by molar-refractivity contribution is -0.404. The van der Waals surface area contributed by atoms with Gasteiger partial charge in [-0.1, -0.05) is 6.92 Å². The van der Waals surface area contributed by atoms with E-state index in [1.165, 1.54) is 0 Å². The second kappa shape index (κ2) is 8.10. The predicted molar refractivity (Wildman–Crippen MR) is 84.4 cm³/mol. The molecular weight excluding hydrogens is 340 g/mol. The largest absolute Gasteiger partial charge is 0.497 e. The lowest BCUT2D eigenvalue weighted by atomic mass is 10.1. The van der Waals surface area contributed by atoms with Gasteiger partial charge in [-0.05, 0) is 13.5 Å². The molecule has 1 N–H and O–H groups in total. The first kappa shape index (κ1) is 19.9. The van der Waals surface area contributed by atoms with Crippen LogP contribution in [0, 0.1) is 30.3 Å². The number of hydrogen-bond donors (Lipinski definition) is 1. The predicted octanol–water partition coefficient (Wildman–Crippen LogP) is 1.79. The Labute approximate surface area is 141 Å². The molecule has 12 heteroatoms. The standard InChI is InChI=1S/C7H13NO.C6H3N3O7/c1-3-6-7(9)4-5-8(6)2;10-6-4(8(13)14)1-3(7(11)12)2-5(6)9(15)16/h6H,3-5H2,1-2H3;1-2,10H. The Hall–Kier alpha value is -3.15. The lowest BCUT2D eigenvalue weighted by Gasteiger charge is -2.14. The molecule has 1 fully saturated rings. The Bertz CT molecular complexity index is 685. The molecule has 1 aromatic rings. The molecule has 0 aromatic heterocycles. The van der Waals surface area contributed by atoms with Gasteiger partial charge in [0.2, 0.25) is 0 Å². The molecule has 1 unspecified atom stereocenters. The maximum atomic E-state index is 11.0. The molecule has 1 aliphatic heterocycles. The van der Waals surface area contributed by atoms with Crippen LogP contribution in [-0.2, 0) is 4.79 Å². The van der Waals surface area contributed by atoms with E-state index in [-0.39, 0.29) is 6.04 Å². The van der Waals surface area contributed by atoms with Crippen LogP contribution in [-0.4, -0.2) is 50.2 Å². The zero-order chi connectivity index (χ0) is 19.3. The van der Waals surface area contributed by atoms with Crippen LogP contribution in [0.5, 0.6) is 5.75 Å². The summed E-state index contributed by atoms with van der Waals surface area (Å²) in [5.74, 6) is -0.791. The van der Waals surface area contributed by atoms with Gasteiger partial charge in [0, 0.05) is 13.0 Å². The molecule has 1 aliphatic rings. The lowest BCUT2D eigenvalue weighted by Crippen LogP contribution is -2.28. The fraction of sp³-hybridized carbons (Fsp3) is 0.462. The van der Waals surface area contributed by atoms with Crippen molar-refractivity contribution in [2.24, 2.45) is 0 Å². The van der Waals surface area contributed by atoms with E-state index < -0.39 is 37.6 Å². The zero-order valence-corrected chi connectivity index (χ0v) is 13.4. The summed E-state index contributed by atoms with van der Waals surface area (Å²) in [6.45, 7) is 3.02. The number of likely N-dealkylation sites (N-methyl/N-ethyl adjacent to an activating group) is 1. The summed E-state index contributed by atoms with van der Waals surface area (Å²) in [7, 11) is 2.01. The number of ketones is 1. The van der Waals surface area contributed by atoms with Crippen molar-refractivity contribution < 1.29 is 24.7 Å². The third-order valence-electron chi connectivity index (χ3n) is 3.66. The molecule has 1 saturated heterocycles. The molecule has 0 saturated carbocycles. The van der Waals surface area contributed by atoms with Crippen molar-refractivity contribution in [2.75, 3.05) is 13.6 Å². The summed E-state index contributed by atoms with van der Waals surface area (Å²) >= 11 is 0. The second-order valence-electron chi connectivity index (χ2n) is 5.22. The van der Waals surface area contributed by atoms with Crippen molar-refractivity contribution in [2.45, 2.75) is 25.8 Å². The van der Waals surface area contributed by atoms with E-state index in [4.69, 9.17) is 5.11 Å². The van der Waals surface area contributed by atoms with Gasteiger partial charge >= 0.3 is 11.4 Å². The molecule has 0 spiro atoms. The maximum Gasteiger partial charge on any atom is 0.324 e. The minimum Gasteiger partial charge on any atom is -0.497 e. The summed E-state index contributed by atoms with van der Waals surface area (Å²) in [5.41, 5.74) is -3.00. The number of phenols is 1. The summed E-state index contributed by atoms with van der Waals surface area (Å²) in [5, 5.41) is 40.2. The molecule has 1 heterocycles. The smallest absolute Gasteiger partial charge is 0.324 e. The van der Waals surface area contributed by atoms with Crippen LogP contribution in [0.15, 0.2) is 12.1 Å². The number of rotatable bonds is 4. The third-order valence-corrected chi connectivity index (χ3v) is 3.66. The number of nitro benzene ring substituents is 3. The van der Waals surface area contributed by atoms with Gasteiger partial charge in [-0.25, -0.2) is 0 Å². The number of non-ortho nitro benzene ring substituents is 1. The van der Waals surface area contributed by atoms with Crippen LogP contribution in [0.3, 0.4) is 0 Å². The van der Waals surface area contributed by atoms with Crippen LogP contribution in [0.4, 0.5) is 17.1 Å². The van der Waals surface area contributed by atoms with E-state index in [0.29, 0.717) is 17.9 Å². The van der Waals surface area contributed by atoms with Gasteiger partial charge in [0.05, 0.1) is 32.9 Å². The first-order valence-electron chi connectivity index (χ1n) is 7.13. The number of phenolic OH excluding ortho intramolecular Hbond substituents is 1. The molecule has 0 bridgehead atoms. The Balaban J connectivity index is 0.000000293. The number of aromatic hydroxyl groups is 1. The average molecular weight is 356 g/mol. The van der Waals surface area contributed by atoms with Gasteiger partial charge < -0.3 is 5.11 Å². The van der Waals surface area contributed by atoms with Gasteiger partial charge in [-0.3, -0.25) is 40.0 Å². The summed E-state index contributed by atoms with van der Waals surface area (Å²) < 4.78 is 0. The fourth-order valence-corrected chi connectivity index (χ4v) is 2.37. The van der Waals surface area contributed by atoms with Crippen LogP contribution >= 0.6 is 0 Å². The minimum absolute atomic E-state index is 0.227. The molecule has 1 atom stereocenters. The van der Waals surface area contributed by atoms with Crippen LogP contribution < -0.4 is 0 Å². The van der Waals surface area contributed by atoms with Crippen molar-refractivity contribution in [3.8, 4) is 5.75 Å². The molecular formula is C13H16N4O8. The molecule has 2 rings (SSSR count). The molecule has 0 aliphatic carbocycles. The topological polar surface area (TPSA) is 170 Å². The highest BCUT2D eigenvalue weighted by Gasteiger charge is 2.30. The van der Waals surface area contributed by atoms with E-state index in [1.54, 1.807) is 0 Å². The first-order valence-corrected chi connectivity index (χ1v) is 7.13. The Morgan fingerprint density at radius 2 is 1.60 bits per heavy atom. The average Bonchev–Trinajstić information content (AvgIpc) is 2.85. The van der Waals surface area contributed by atoms with Gasteiger partial charge in [-0.2, -0.15) is 0 Å². The third kappa shape index (κ3) is 4.67. The van der Waals surface area contributed by atoms with Crippen LogP contribution in [0.25, 0.3) is 0 Å². The van der Waals surface area contributed by atoms with Crippen LogP contribution in [0.2, 0.25) is 0 Å². The molecule has 0 radical (unpaired) electrons. The van der Waals surface area contributed by atoms with E-state index in [9.17, 15) is 35.1 Å². The number of likely N-dealkylation sites (tertiary alicyclic amines) is 1. The highest BCUT2D eigenvalue weighted by molar-refractivity contribution is 5.85. The first-order chi connectivity index (χ1) is 11.6. The van der Waals surface area contributed by atoms with E-state index >= 15 is 0 Å². The monoisotopic (exact) mass is 356 g/mol. The van der Waals surface area contributed by atoms with Crippen LogP contribution in [0.1, 0.15) is 19.8 Å². The maximum absolute atomic E-state index is 11.0. The number of nitro groups is 3. The van der Waals surface area contributed by atoms with E-state index in [1.807, 2.05) is 7.05 Å². The normalized spacial score (nSPS) is 16.9. The number of carbonyl (C=O) groups excluding carboxylic acids is 1. The fourth-order valence-electron chi connectivity index (χ4n) is 2.37. The van der Waals surface area contributed by atoms with Gasteiger partial charge in [0.1, 0.15) is 0 Å². The zero-order valence-electron chi connectivity index (χ0n) is 13.4. The van der Waals surface area contributed by atoms with Crippen molar-refractivity contribution >= 4 is 22.8 Å². The van der Waals surface area contributed by atoms with Gasteiger partial charge in [0.15, 0.2) is 5.78 Å². The summed E-state index contributed by atoms with van der Waals surface area (Å²) in [4.78, 5) is 40.9. The van der Waals surface area contributed by atoms with Crippen molar-refractivity contribution in [1.82, 2.24) is 4.90 Å². The highest BCUT2D eigenvalue weighted by atomic mass is 16.6. The van der Waals surface area contributed by atoms with E-state index in [2.05, 4.69) is 11.8 Å². The summed E-state index contributed by atoms with van der Waals surface area (Å²) in [6, 6.07) is 1.12. The number of hydrogen-bond acceptors (Lipinski definition) is 9. The molecule has 136 valence electrons. The van der Waals surface area contributed by atoms with E-state index in [0.717, 1.165) is 19.4 Å². The number of benzene rings is 1. The number of Topliss-reactive ketones (excluding diaryl/α,β-unsaturated/α-hetero) is 1. The Morgan fingerprint density at radius 3 is 1.84 bits per heavy atom. The summed E-state index contributed by atoms with van der Waals surface area (Å²) in [6.07, 6.45) is 1.73. The highest BCUT2D eigenvalue weighted by Crippen LogP contribution is 2.38. The molecule has 25 heavy (non-hydrogen) atoms. The van der Waals surface area contributed by atoms with Gasteiger partial charge in [-0.15, -0.1) is 0 Å². The second-order valence-corrected chi connectivity index (χ2v) is 5.22. The number of nitrogens with zero attached hydrogens (tertiary/aromatic N) is 4. The Morgan fingerprint density at radius 1 is 1.12 bits per heavy atom. The SMILES string of the molecule is CCC1C(=O)CCN1C.O=[N+]([O-])c1cc([N+](=O)[O-])c(O)c([N+](=O)[O-])c1. The van der Waals surface area contributed by atoms with Crippen molar-refractivity contribution in [3.05, 3.63) is 42.5 Å². The Kier molecular flexibility index (Phi) is 6.45. The molecule has 12 nitrogen and oxygen atoms in total. The quantitative estimate of drug-likeness (QED) is 0.623. The van der Waals surface area contributed by atoms with Crippen molar-refractivity contribution in [1.29, 1.82) is 0 Å². The number of carbonyl (C=O) groups is 1. The molecule has 0 amide bonds. The van der Waals surface area contributed by atoms with Crippen molar-refractivity contribution in [3.63, 3.8) is 0 Å². The van der Waals surface area contributed by atoms with Gasteiger partial charge in [0.25, 0.3) is 11.4 Å². The minimum atomic E-state index is -1.21. The molecule has 1 aromatic carbocycles.